The fourth-order valence-corrected chi connectivity index (χ4v) is 4.52. The maximum Gasteiger partial charge on any atom is 0.271 e. The van der Waals surface area contributed by atoms with Crippen LogP contribution in [-0.4, -0.2) is 31.4 Å². The molecule has 9 heteroatoms. The zero-order valence-corrected chi connectivity index (χ0v) is 16.3. The molecular formula is C18H18N2O5S2. The van der Waals surface area contributed by atoms with Gasteiger partial charge in [0.25, 0.3) is 15.9 Å². The third-order valence-corrected chi connectivity index (χ3v) is 6.55. The van der Waals surface area contributed by atoms with E-state index in [1.807, 2.05) is 6.92 Å². The number of carbonyl (C=O) groups excluding carboxylic acids is 1. The minimum absolute atomic E-state index is 0.0693. The number of aryl methyl sites for hydroxylation is 1. The molecule has 0 saturated carbocycles. The molecule has 0 saturated heterocycles. The summed E-state index contributed by atoms with van der Waals surface area (Å²) in [5.74, 6) is 0.655. The minimum Gasteiger partial charge on any atom is -0.507 e. The second-order valence-electron chi connectivity index (χ2n) is 5.94. The number of phenols is 1. The van der Waals surface area contributed by atoms with Crippen molar-refractivity contribution < 1.29 is 22.7 Å². The van der Waals surface area contributed by atoms with Gasteiger partial charge in [0.05, 0.1) is 17.8 Å². The third kappa shape index (κ3) is 4.32. The number of benzene rings is 1. The molecule has 0 spiro atoms. The summed E-state index contributed by atoms with van der Waals surface area (Å²) in [7, 11) is -2.13. The average Bonchev–Trinajstić information content (AvgIpc) is 3.26. The SMILES string of the molecule is Cc1ccc(CN(C)C(=O)c2ccc(NS(=O)(=O)c3cccs3)cc2O)o1. The van der Waals surface area contributed by atoms with Crippen molar-refractivity contribution in [2.75, 3.05) is 11.8 Å². The number of thiophene rings is 1. The van der Waals surface area contributed by atoms with E-state index in [0.717, 1.165) is 17.1 Å². The molecule has 0 aliphatic carbocycles. The summed E-state index contributed by atoms with van der Waals surface area (Å²) in [5, 5.41) is 11.9. The lowest BCUT2D eigenvalue weighted by atomic mass is 10.1. The van der Waals surface area contributed by atoms with Crippen LogP contribution in [0.4, 0.5) is 5.69 Å². The number of nitrogens with one attached hydrogen (secondary N) is 1. The maximum absolute atomic E-state index is 12.5. The third-order valence-electron chi connectivity index (χ3n) is 3.78. The summed E-state index contributed by atoms with van der Waals surface area (Å²) >= 11 is 1.09. The van der Waals surface area contributed by atoms with Crippen LogP contribution in [0, 0.1) is 6.92 Å². The topological polar surface area (TPSA) is 99.9 Å². The Kier molecular flexibility index (Phi) is 5.24. The predicted molar refractivity (Wildman–Crippen MR) is 102 cm³/mol. The first-order valence-electron chi connectivity index (χ1n) is 7.96. The van der Waals surface area contributed by atoms with Gasteiger partial charge in [0.1, 0.15) is 21.5 Å². The zero-order valence-electron chi connectivity index (χ0n) is 14.7. The van der Waals surface area contributed by atoms with E-state index in [0.29, 0.717) is 5.76 Å². The Balaban J connectivity index is 1.75. The van der Waals surface area contributed by atoms with Crippen molar-refractivity contribution in [3.05, 3.63) is 64.9 Å². The van der Waals surface area contributed by atoms with Crippen LogP contribution in [0.1, 0.15) is 21.9 Å². The van der Waals surface area contributed by atoms with Gasteiger partial charge in [-0.2, -0.15) is 0 Å². The molecule has 0 unspecified atom stereocenters. The number of aromatic hydroxyl groups is 1. The van der Waals surface area contributed by atoms with Crippen LogP contribution in [0.2, 0.25) is 0 Å². The van der Waals surface area contributed by atoms with E-state index in [2.05, 4.69) is 4.72 Å². The van der Waals surface area contributed by atoms with Gasteiger partial charge in [0, 0.05) is 13.1 Å². The van der Waals surface area contributed by atoms with Crippen molar-refractivity contribution in [3.63, 3.8) is 0 Å². The quantitative estimate of drug-likeness (QED) is 0.653. The van der Waals surface area contributed by atoms with Gasteiger partial charge >= 0.3 is 0 Å². The van der Waals surface area contributed by atoms with Crippen molar-refractivity contribution in [1.82, 2.24) is 4.90 Å². The molecule has 2 N–H and O–H groups in total. The van der Waals surface area contributed by atoms with Crippen molar-refractivity contribution in [1.29, 1.82) is 0 Å². The van der Waals surface area contributed by atoms with Crippen LogP contribution < -0.4 is 4.72 Å². The van der Waals surface area contributed by atoms with Crippen molar-refractivity contribution in [3.8, 4) is 5.75 Å². The number of anilines is 1. The molecule has 3 aromatic rings. The Morgan fingerprint density at radius 1 is 1.26 bits per heavy atom. The monoisotopic (exact) mass is 406 g/mol. The van der Waals surface area contributed by atoms with E-state index < -0.39 is 15.9 Å². The number of furan rings is 1. The van der Waals surface area contributed by atoms with Crippen LogP contribution in [0.5, 0.6) is 5.75 Å². The summed E-state index contributed by atoms with van der Waals surface area (Å²) in [6.07, 6.45) is 0. The fourth-order valence-electron chi connectivity index (χ4n) is 2.48. The lowest BCUT2D eigenvalue weighted by Gasteiger charge is -2.17. The highest BCUT2D eigenvalue weighted by Gasteiger charge is 2.20. The van der Waals surface area contributed by atoms with Gasteiger partial charge in [-0.15, -0.1) is 11.3 Å². The highest BCUT2D eigenvalue weighted by atomic mass is 32.2. The second-order valence-corrected chi connectivity index (χ2v) is 8.80. The smallest absolute Gasteiger partial charge is 0.271 e. The summed E-state index contributed by atoms with van der Waals surface area (Å²) in [6, 6.07) is 10.7. The van der Waals surface area contributed by atoms with Crippen LogP contribution in [-0.2, 0) is 16.6 Å². The lowest BCUT2D eigenvalue weighted by molar-refractivity contribution is 0.0772. The van der Waals surface area contributed by atoms with E-state index in [1.165, 1.54) is 29.2 Å². The molecule has 0 fully saturated rings. The highest BCUT2D eigenvalue weighted by Crippen LogP contribution is 2.26. The standard InChI is InChI=1S/C18H18N2O5S2/c1-12-5-7-14(25-12)11-20(2)18(22)15-8-6-13(10-16(15)21)19-27(23,24)17-4-3-9-26-17/h3-10,19,21H,11H2,1-2H3. The molecule has 0 radical (unpaired) electrons. The molecule has 0 aliphatic heterocycles. The summed E-state index contributed by atoms with van der Waals surface area (Å²) in [5.41, 5.74) is 0.238. The van der Waals surface area contributed by atoms with Crippen molar-refractivity contribution in [2.24, 2.45) is 0 Å². The minimum atomic E-state index is -3.72. The van der Waals surface area contributed by atoms with E-state index in [-0.39, 0.29) is 27.8 Å². The fraction of sp³-hybridized carbons (Fsp3) is 0.167. The first-order chi connectivity index (χ1) is 12.8. The number of carbonyl (C=O) groups is 1. The van der Waals surface area contributed by atoms with Gasteiger partial charge in [-0.25, -0.2) is 8.42 Å². The molecule has 1 aromatic carbocycles. The lowest BCUT2D eigenvalue weighted by Crippen LogP contribution is -2.26. The van der Waals surface area contributed by atoms with Gasteiger partial charge < -0.3 is 14.4 Å². The van der Waals surface area contributed by atoms with Gasteiger partial charge in [0.15, 0.2) is 0 Å². The first-order valence-corrected chi connectivity index (χ1v) is 10.3. The number of nitrogens with zero attached hydrogens (tertiary/aromatic N) is 1. The van der Waals surface area contributed by atoms with Crippen LogP contribution >= 0.6 is 11.3 Å². The largest absolute Gasteiger partial charge is 0.507 e. The molecule has 27 heavy (non-hydrogen) atoms. The number of sulfonamides is 1. The molecular weight excluding hydrogens is 388 g/mol. The van der Waals surface area contributed by atoms with Gasteiger partial charge in [-0.05, 0) is 42.6 Å². The number of amides is 1. The van der Waals surface area contributed by atoms with Crippen molar-refractivity contribution in [2.45, 2.75) is 17.7 Å². The number of phenolic OH excluding ortho intramolecular Hbond substituents is 1. The molecule has 0 atom stereocenters. The maximum atomic E-state index is 12.5. The van der Waals surface area contributed by atoms with E-state index in [9.17, 15) is 18.3 Å². The average molecular weight is 406 g/mol. The zero-order chi connectivity index (χ0) is 19.6. The van der Waals surface area contributed by atoms with E-state index >= 15 is 0 Å². The molecule has 0 aliphatic rings. The van der Waals surface area contributed by atoms with Gasteiger partial charge in [-0.3, -0.25) is 9.52 Å². The van der Waals surface area contributed by atoms with Gasteiger partial charge in [0.2, 0.25) is 0 Å². The predicted octanol–water partition coefficient (Wildman–Crippen LogP) is 3.43. The molecule has 1 amide bonds. The molecule has 142 valence electrons. The number of hydrogen-bond donors (Lipinski definition) is 2. The van der Waals surface area contributed by atoms with E-state index in [4.69, 9.17) is 4.42 Å². The molecule has 7 nitrogen and oxygen atoms in total. The summed E-state index contributed by atoms with van der Waals surface area (Å²) in [6.45, 7) is 2.06. The first kappa shape index (κ1) is 19.0. The van der Waals surface area contributed by atoms with Crippen LogP contribution in [0.3, 0.4) is 0 Å². The summed E-state index contributed by atoms with van der Waals surface area (Å²) in [4.78, 5) is 14.0. The number of hydrogen-bond acceptors (Lipinski definition) is 6. The highest BCUT2D eigenvalue weighted by molar-refractivity contribution is 7.94. The van der Waals surface area contributed by atoms with Gasteiger partial charge in [-0.1, -0.05) is 6.07 Å². The van der Waals surface area contributed by atoms with E-state index in [1.54, 1.807) is 30.6 Å². The molecule has 0 bridgehead atoms. The Labute approximate surface area is 160 Å². The molecule has 2 heterocycles. The Hall–Kier alpha value is -2.78. The molecule has 3 rings (SSSR count). The van der Waals surface area contributed by atoms with Crippen LogP contribution in [0.15, 0.2) is 56.5 Å². The van der Waals surface area contributed by atoms with Crippen molar-refractivity contribution >= 4 is 33.0 Å². The summed E-state index contributed by atoms with van der Waals surface area (Å²) < 4.78 is 32.5. The van der Waals surface area contributed by atoms with Crippen LogP contribution in [0.25, 0.3) is 0 Å². The normalized spacial score (nSPS) is 11.3. The Bertz CT molecular complexity index is 1060. The Morgan fingerprint density at radius 2 is 2.04 bits per heavy atom. The molecule has 2 aromatic heterocycles. The Morgan fingerprint density at radius 3 is 2.63 bits per heavy atom. The second kappa shape index (κ2) is 7.45. The number of rotatable bonds is 6.